The van der Waals surface area contributed by atoms with Crippen LogP contribution in [0.3, 0.4) is 0 Å². The summed E-state index contributed by atoms with van der Waals surface area (Å²) in [5.74, 6) is 0.292. The number of nitrogens with zero attached hydrogens (tertiary/aromatic N) is 1. The Morgan fingerprint density at radius 1 is 1.00 bits per heavy atom. The second-order valence-corrected chi connectivity index (χ2v) is 8.51. The Bertz CT molecular complexity index is 1050. The van der Waals surface area contributed by atoms with Gasteiger partial charge in [-0.2, -0.15) is 0 Å². The highest BCUT2D eigenvalue weighted by Gasteiger charge is 2.35. The first-order valence-electron chi connectivity index (χ1n) is 11.4. The van der Waals surface area contributed by atoms with Gasteiger partial charge in [0.25, 0.3) is 5.91 Å². The van der Waals surface area contributed by atoms with Crippen LogP contribution >= 0.6 is 0 Å². The molecule has 1 aliphatic rings. The molecular formula is C27H30N2O4. The van der Waals surface area contributed by atoms with Gasteiger partial charge >= 0.3 is 0 Å². The minimum absolute atomic E-state index is 0.116. The van der Waals surface area contributed by atoms with Gasteiger partial charge in [-0.3, -0.25) is 14.5 Å². The minimum atomic E-state index is -0.863. The van der Waals surface area contributed by atoms with Crippen LogP contribution in [-0.4, -0.2) is 25.0 Å². The van der Waals surface area contributed by atoms with Gasteiger partial charge in [-0.05, 0) is 61.7 Å². The van der Waals surface area contributed by atoms with Gasteiger partial charge in [0.1, 0.15) is 11.8 Å². The van der Waals surface area contributed by atoms with Gasteiger partial charge in [-0.15, -0.1) is 0 Å². The summed E-state index contributed by atoms with van der Waals surface area (Å²) in [6, 6.07) is 17.4. The second-order valence-electron chi connectivity index (χ2n) is 8.51. The summed E-state index contributed by atoms with van der Waals surface area (Å²) in [5.41, 5.74) is 2.39. The van der Waals surface area contributed by atoms with Gasteiger partial charge < -0.3 is 14.5 Å². The highest BCUT2D eigenvalue weighted by Crippen LogP contribution is 2.32. The van der Waals surface area contributed by atoms with Crippen molar-refractivity contribution < 1.29 is 18.7 Å². The Balaban J connectivity index is 1.77. The van der Waals surface area contributed by atoms with E-state index in [9.17, 15) is 9.59 Å². The summed E-state index contributed by atoms with van der Waals surface area (Å²) in [6.07, 6.45) is 6.78. The van der Waals surface area contributed by atoms with E-state index in [1.807, 2.05) is 43.3 Å². The van der Waals surface area contributed by atoms with Gasteiger partial charge in [0.15, 0.2) is 5.76 Å². The molecule has 6 heteroatoms. The maximum atomic E-state index is 13.8. The van der Waals surface area contributed by atoms with Crippen molar-refractivity contribution in [2.45, 2.75) is 51.1 Å². The lowest BCUT2D eigenvalue weighted by atomic mass is 9.94. The number of hydrogen-bond donors (Lipinski definition) is 1. The fraction of sp³-hybridized carbons (Fsp3) is 0.333. The number of benzene rings is 2. The Kier molecular flexibility index (Phi) is 7.13. The Hall–Kier alpha value is -3.54. The van der Waals surface area contributed by atoms with E-state index in [2.05, 4.69) is 5.32 Å². The number of furan rings is 1. The van der Waals surface area contributed by atoms with Gasteiger partial charge in [-0.1, -0.05) is 49.1 Å². The van der Waals surface area contributed by atoms with Crippen molar-refractivity contribution >= 4 is 17.5 Å². The standard InChI is InChI=1S/C27H30N2O4/c1-19-10-14-22(15-11-19)29(27(31)24-9-6-18-33-24)25(20-12-16-23(32-2)17-13-20)26(30)28-21-7-4-3-5-8-21/h6,9-18,21,25H,3-5,7-8H2,1-2H3,(H,28,30)/t25-/m0/s1. The van der Waals surface area contributed by atoms with E-state index < -0.39 is 6.04 Å². The zero-order chi connectivity index (χ0) is 23.2. The van der Waals surface area contributed by atoms with Crippen LogP contribution < -0.4 is 15.0 Å². The molecule has 0 spiro atoms. The van der Waals surface area contributed by atoms with Crippen LogP contribution in [0, 0.1) is 6.92 Å². The molecule has 4 rings (SSSR count). The molecule has 1 fully saturated rings. The van der Waals surface area contributed by atoms with Crippen LogP contribution in [0.1, 0.15) is 59.8 Å². The van der Waals surface area contributed by atoms with Crippen molar-refractivity contribution in [3.63, 3.8) is 0 Å². The fourth-order valence-electron chi connectivity index (χ4n) is 4.34. The zero-order valence-electron chi connectivity index (χ0n) is 19.1. The lowest BCUT2D eigenvalue weighted by Gasteiger charge is -2.33. The molecule has 172 valence electrons. The van der Waals surface area contributed by atoms with E-state index >= 15 is 0 Å². The largest absolute Gasteiger partial charge is 0.497 e. The third-order valence-corrected chi connectivity index (χ3v) is 6.15. The fourth-order valence-corrected chi connectivity index (χ4v) is 4.34. The predicted octanol–water partition coefficient (Wildman–Crippen LogP) is 5.43. The minimum Gasteiger partial charge on any atom is -0.497 e. The molecule has 1 heterocycles. The first kappa shape index (κ1) is 22.6. The summed E-state index contributed by atoms with van der Waals surface area (Å²) in [5, 5.41) is 3.21. The summed E-state index contributed by atoms with van der Waals surface area (Å²) >= 11 is 0. The normalized spacial score (nSPS) is 15.0. The van der Waals surface area contributed by atoms with Gasteiger partial charge in [0, 0.05) is 11.7 Å². The Morgan fingerprint density at radius 3 is 2.30 bits per heavy atom. The number of hydrogen-bond acceptors (Lipinski definition) is 4. The van der Waals surface area contributed by atoms with Crippen LogP contribution in [0.5, 0.6) is 5.75 Å². The van der Waals surface area contributed by atoms with Gasteiger partial charge in [0.2, 0.25) is 5.91 Å². The van der Waals surface area contributed by atoms with Crippen LogP contribution in [0.2, 0.25) is 0 Å². The molecule has 1 aromatic heterocycles. The molecular weight excluding hydrogens is 416 g/mol. The van der Waals surface area contributed by atoms with Crippen LogP contribution in [0.25, 0.3) is 0 Å². The third kappa shape index (κ3) is 5.28. The van der Waals surface area contributed by atoms with Crippen molar-refractivity contribution in [1.29, 1.82) is 0 Å². The molecule has 0 saturated heterocycles. The maximum absolute atomic E-state index is 13.8. The molecule has 0 radical (unpaired) electrons. The average Bonchev–Trinajstić information content (AvgIpc) is 3.39. The van der Waals surface area contributed by atoms with Crippen LogP contribution in [-0.2, 0) is 4.79 Å². The van der Waals surface area contributed by atoms with Crippen LogP contribution in [0.4, 0.5) is 5.69 Å². The lowest BCUT2D eigenvalue weighted by Crippen LogP contribution is -2.47. The topological polar surface area (TPSA) is 71.8 Å². The molecule has 2 amide bonds. The number of nitrogens with one attached hydrogen (secondary N) is 1. The number of carbonyl (C=O) groups excluding carboxylic acids is 2. The van der Waals surface area contributed by atoms with E-state index in [4.69, 9.17) is 9.15 Å². The summed E-state index contributed by atoms with van der Waals surface area (Å²) in [7, 11) is 1.60. The van der Waals surface area contributed by atoms with Gasteiger partial charge in [-0.25, -0.2) is 0 Å². The molecule has 0 aliphatic heterocycles. The van der Waals surface area contributed by atoms with E-state index in [0.29, 0.717) is 17.0 Å². The van der Waals surface area contributed by atoms with Crippen LogP contribution in [0.15, 0.2) is 71.3 Å². The number of rotatable bonds is 7. The number of carbonyl (C=O) groups is 2. The molecule has 6 nitrogen and oxygen atoms in total. The first-order valence-corrected chi connectivity index (χ1v) is 11.4. The third-order valence-electron chi connectivity index (χ3n) is 6.15. The molecule has 2 aromatic carbocycles. The smallest absolute Gasteiger partial charge is 0.294 e. The summed E-state index contributed by atoms with van der Waals surface area (Å²) < 4.78 is 10.7. The molecule has 0 bridgehead atoms. The lowest BCUT2D eigenvalue weighted by molar-refractivity contribution is -0.123. The SMILES string of the molecule is COc1ccc([C@@H](C(=O)NC2CCCCC2)N(C(=O)c2ccco2)c2ccc(C)cc2)cc1. The maximum Gasteiger partial charge on any atom is 0.294 e. The molecule has 0 unspecified atom stereocenters. The van der Waals surface area contributed by atoms with E-state index in [-0.39, 0.29) is 23.6 Å². The van der Waals surface area contributed by atoms with Crippen molar-refractivity contribution in [1.82, 2.24) is 5.32 Å². The first-order chi connectivity index (χ1) is 16.1. The zero-order valence-corrected chi connectivity index (χ0v) is 19.1. The van der Waals surface area contributed by atoms with E-state index in [1.54, 1.807) is 31.4 Å². The molecule has 3 aromatic rings. The number of anilines is 1. The quantitative estimate of drug-likeness (QED) is 0.525. The molecule has 1 aliphatic carbocycles. The number of methoxy groups -OCH3 is 1. The number of ether oxygens (including phenoxy) is 1. The van der Waals surface area contributed by atoms with Gasteiger partial charge in [0.05, 0.1) is 13.4 Å². The number of amides is 2. The Labute approximate surface area is 194 Å². The number of aryl methyl sites for hydroxylation is 1. The van der Waals surface area contributed by atoms with E-state index in [0.717, 1.165) is 31.2 Å². The predicted molar refractivity (Wildman–Crippen MR) is 127 cm³/mol. The molecule has 33 heavy (non-hydrogen) atoms. The average molecular weight is 447 g/mol. The molecule has 1 saturated carbocycles. The van der Waals surface area contributed by atoms with Crippen molar-refractivity contribution in [3.05, 3.63) is 83.8 Å². The highest BCUT2D eigenvalue weighted by molar-refractivity contribution is 6.08. The molecule has 1 N–H and O–H groups in total. The second kappa shape index (κ2) is 10.4. The summed E-state index contributed by atoms with van der Waals surface area (Å²) in [6.45, 7) is 1.99. The Morgan fingerprint density at radius 2 is 1.70 bits per heavy atom. The molecule has 1 atom stereocenters. The monoisotopic (exact) mass is 446 g/mol. The van der Waals surface area contributed by atoms with Crippen molar-refractivity contribution in [2.75, 3.05) is 12.0 Å². The van der Waals surface area contributed by atoms with Crippen molar-refractivity contribution in [3.8, 4) is 5.75 Å². The van der Waals surface area contributed by atoms with E-state index in [1.165, 1.54) is 17.6 Å². The van der Waals surface area contributed by atoms with Crippen molar-refractivity contribution in [2.24, 2.45) is 0 Å². The highest BCUT2D eigenvalue weighted by atomic mass is 16.5. The summed E-state index contributed by atoms with van der Waals surface area (Å²) in [4.78, 5) is 28.9.